The Hall–Kier alpha value is -4.88. The highest BCUT2D eigenvalue weighted by Crippen LogP contribution is 2.61. The quantitative estimate of drug-likeness (QED) is 0.121. The molecule has 1 spiro atoms. The van der Waals surface area contributed by atoms with Crippen LogP contribution >= 0.6 is 11.6 Å². The highest BCUT2D eigenvalue weighted by Gasteiger charge is 2.71. The van der Waals surface area contributed by atoms with E-state index in [-0.39, 0.29) is 22.8 Å². The Balaban J connectivity index is 1.55. The summed E-state index contributed by atoms with van der Waals surface area (Å²) in [6.45, 7) is 0. The van der Waals surface area contributed by atoms with Gasteiger partial charge in [-0.05, 0) is 23.3 Å². The van der Waals surface area contributed by atoms with Crippen LogP contribution in [0.4, 0.5) is 11.4 Å². The lowest BCUT2D eigenvalue weighted by Crippen LogP contribution is -2.48. The molecular formula is C33H21ClN2O5. The number of non-ortho nitro benzene ring substituents is 1. The number of rotatable bonds is 4. The fourth-order valence-electron chi connectivity index (χ4n) is 6.93. The molecule has 2 heterocycles. The molecular weight excluding hydrogens is 540 g/mol. The van der Waals surface area contributed by atoms with Crippen LogP contribution in [0.2, 0.25) is 5.02 Å². The van der Waals surface area contributed by atoms with Gasteiger partial charge in [0, 0.05) is 45.5 Å². The first-order valence-corrected chi connectivity index (χ1v) is 13.5. The van der Waals surface area contributed by atoms with Gasteiger partial charge >= 0.3 is 0 Å². The van der Waals surface area contributed by atoms with Gasteiger partial charge in [-0.25, -0.2) is 0 Å². The van der Waals surface area contributed by atoms with Crippen LogP contribution in [0.1, 0.15) is 48.1 Å². The van der Waals surface area contributed by atoms with Crippen LogP contribution in [-0.2, 0) is 0 Å². The van der Waals surface area contributed by atoms with Gasteiger partial charge in [0.15, 0.2) is 17.3 Å². The van der Waals surface area contributed by atoms with Crippen molar-refractivity contribution in [3.8, 4) is 0 Å². The van der Waals surface area contributed by atoms with Crippen molar-refractivity contribution in [3.63, 3.8) is 0 Å². The van der Waals surface area contributed by atoms with E-state index in [4.69, 9.17) is 11.6 Å². The third kappa shape index (κ3) is 3.36. The number of nitro benzene ring substituents is 1. The van der Waals surface area contributed by atoms with Crippen LogP contribution < -0.4 is 4.90 Å². The molecule has 3 unspecified atom stereocenters. The summed E-state index contributed by atoms with van der Waals surface area (Å²) in [4.78, 5) is 56.8. The number of fused-ring (bicyclic) bond motifs is 5. The average Bonchev–Trinajstić information content (AvgIpc) is 3.43. The first-order chi connectivity index (χ1) is 19.9. The summed E-state index contributed by atoms with van der Waals surface area (Å²) in [6, 6.07) is 24.8. The Kier molecular flexibility index (Phi) is 5.56. The fraction of sp³-hybridized carbons (Fsp3) is 0.121. The molecule has 0 aromatic heterocycles. The summed E-state index contributed by atoms with van der Waals surface area (Å²) < 4.78 is 0. The largest absolute Gasteiger partial charge is 0.352 e. The Bertz CT molecular complexity index is 1810. The number of hydrogen-bond acceptors (Lipinski definition) is 6. The fourth-order valence-corrected chi connectivity index (χ4v) is 7.18. The maximum atomic E-state index is 14.7. The van der Waals surface area contributed by atoms with E-state index < -0.39 is 34.1 Å². The van der Waals surface area contributed by atoms with Crippen LogP contribution in [0.3, 0.4) is 0 Å². The number of halogens is 1. The lowest BCUT2D eigenvalue weighted by molar-refractivity contribution is -0.384. The molecule has 7 nitrogen and oxygen atoms in total. The van der Waals surface area contributed by atoms with Gasteiger partial charge in [0.25, 0.3) is 5.69 Å². The van der Waals surface area contributed by atoms with Gasteiger partial charge in [-0.1, -0.05) is 96.5 Å². The van der Waals surface area contributed by atoms with Gasteiger partial charge in [0.2, 0.25) is 0 Å². The highest BCUT2D eigenvalue weighted by molar-refractivity contribution is 6.34. The van der Waals surface area contributed by atoms with Crippen molar-refractivity contribution in [1.82, 2.24) is 0 Å². The van der Waals surface area contributed by atoms with E-state index in [1.54, 1.807) is 48.5 Å². The SMILES string of the molecule is O=C(c1cccc([N+](=O)[O-])c1)C1C(c2ccccc2Cl)C2(C(=O)c3ccccc3C2=O)C2C=Cc3ccccc3N12. The number of para-hydroxylation sites is 1. The van der Waals surface area contributed by atoms with Crippen LogP contribution in [0.15, 0.2) is 103 Å². The molecule has 4 aromatic carbocycles. The van der Waals surface area contributed by atoms with Crippen molar-refractivity contribution in [3.05, 3.63) is 146 Å². The maximum Gasteiger partial charge on any atom is 0.270 e. The zero-order chi connectivity index (χ0) is 28.5. The van der Waals surface area contributed by atoms with Gasteiger partial charge in [-0.15, -0.1) is 0 Å². The molecule has 2 aliphatic heterocycles. The van der Waals surface area contributed by atoms with Crippen LogP contribution in [-0.4, -0.2) is 34.4 Å². The predicted octanol–water partition coefficient (Wildman–Crippen LogP) is 6.56. The summed E-state index contributed by atoms with van der Waals surface area (Å²) in [7, 11) is 0. The summed E-state index contributed by atoms with van der Waals surface area (Å²) >= 11 is 6.79. The van der Waals surface area contributed by atoms with Gasteiger partial charge in [0.05, 0.1) is 11.0 Å². The smallest absolute Gasteiger partial charge is 0.270 e. The summed E-state index contributed by atoms with van der Waals surface area (Å²) in [5, 5.41) is 11.9. The van der Waals surface area contributed by atoms with Gasteiger partial charge in [0.1, 0.15) is 11.5 Å². The number of benzene rings is 4. The molecule has 4 aromatic rings. The number of carbonyl (C=O) groups is 3. The van der Waals surface area contributed by atoms with E-state index in [1.807, 2.05) is 41.3 Å². The normalized spacial score (nSPS) is 21.5. The second-order valence-corrected chi connectivity index (χ2v) is 10.9. The van der Waals surface area contributed by atoms with E-state index in [0.717, 1.165) is 5.56 Å². The van der Waals surface area contributed by atoms with Crippen molar-refractivity contribution in [2.75, 3.05) is 4.90 Å². The standard InChI is InChI=1S/C33H21ClN2O5/c34-25-14-5-4-13-24(25)28-29(30(37)20-9-7-10-21(18-20)36(40)41)35-26-15-6-1-8-19(26)16-17-27(35)33(28)31(38)22-11-2-3-12-23(22)32(33)39/h1-18,27-29H. The average molecular weight is 561 g/mol. The van der Waals surface area contributed by atoms with E-state index in [9.17, 15) is 24.5 Å². The van der Waals surface area contributed by atoms with Crippen molar-refractivity contribution in [2.45, 2.75) is 18.0 Å². The van der Waals surface area contributed by atoms with Gasteiger partial charge < -0.3 is 4.90 Å². The van der Waals surface area contributed by atoms with Crippen molar-refractivity contribution < 1.29 is 19.3 Å². The van der Waals surface area contributed by atoms with Crippen molar-refractivity contribution >= 4 is 46.4 Å². The molecule has 0 saturated carbocycles. The molecule has 41 heavy (non-hydrogen) atoms. The minimum absolute atomic E-state index is 0.111. The summed E-state index contributed by atoms with van der Waals surface area (Å²) in [6.07, 6.45) is 3.71. The number of Topliss-reactive ketones (excluding diaryl/α,β-unsaturated/α-hetero) is 3. The molecule has 200 valence electrons. The van der Waals surface area contributed by atoms with Crippen LogP contribution in [0, 0.1) is 15.5 Å². The Morgan fingerprint density at radius 1 is 0.854 bits per heavy atom. The van der Waals surface area contributed by atoms with Crippen molar-refractivity contribution in [2.24, 2.45) is 5.41 Å². The Morgan fingerprint density at radius 2 is 1.51 bits per heavy atom. The van der Waals surface area contributed by atoms with E-state index in [2.05, 4.69) is 0 Å². The van der Waals surface area contributed by atoms with Gasteiger partial charge in [-0.2, -0.15) is 0 Å². The number of hydrogen-bond donors (Lipinski definition) is 0. The number of ketones is 3. The molecule has 1 fully saturated rings. The minimum atomic E-state index is -1.69. The maximum absolute atomic E-state index is 14.7. The monoisotopic (exact) mass is 560 g/mol. The van der Waals surface area contributed by atoms with E-state index >= 15 is 0 Å². The van der Waals surface area contributed by atoms with Gasteiger partial charge in [-0.3, -0.25) is 24.5 Å². The topological polar surface area (TPSA) is 97.6 Å². The second kappa shape index (κ2) is 9.08. The Morgan fingerprint density at radius 3 is 2.22 bits per heavy atom. The van der Waals surface area contributed by atoms with E-state index in [0.29, 0.717) is 27.4 Å². The molecule has 1 aliphatic carbocycles. The molecule has 8 heteroatoms. The molecule has 1 saturated heterocycles. The highest BCUT2D eigenvalue weighted by atomic mass is 35.5. The van der Waals surface area contributed by atoms with Crippen molar-refractivity contribution in [1.29, 1.82) is 0 Å². The predicted molar refractivity (Wildman–Crippen MR) is 155 cm³/mol. The second-order valence-electron chi connectivity index (χ2n) is 10.5. The molecule has 0 amide bonds. The molecule has 7 rings (SSSR count). The molecule has 3 atom stereocenters. The number of nitro groups is 1. The minimum Gasteiger partial charge on any atom is -0.352 e. The van der Waals surface area contributed by atoms with Crippen LogP contribution in [0.5, 0.6) is 0 Å². The number of nitrogens with zero attached hydrogens (tertiary/aromatic N) is 2. The van der Waals surface area contributed by atoms with Crippen LogP contribution in [0.25, 0.3) is 6.08 Å². The first kappa shape index (κ1) is 25.1. The molecule has 0 bridgehead atoms. The molecule has 3 aliphatic rings. The van der Waals surface area contributed by atoms with E-state index in [1.165, 1.54) is 24.3 Å². The third-order valence-corrected chi connectivity index (χ3v) is 8.91. The summed E-state index contributed by atoms with van der Waals surface area (Å²) in [5.41, 5.74) is 0.816. The Labute approximate surface area is 239 Å². The zero-order valence-corrected chi connectivity index (χ0v) is 22.2. The summed E-state index contributed by atoms with van der Waals surface area (Å²) in [5.74, 6) is -2.16. The number of carbonyl (C=O) groups excluding carboxylic acids is 3. The molecule has 0 N–H and O–H groups in total. The third-order valence-electron chi connectivity index (χ3n) is 8.56. The lowest BCUT2D eigenvalue weighted by atomic mass is 9.64. The zero-order valence-electron chi connectivity index (χ0n) is 21.4. The number of anilines is 1. The lowest BCUT2D eigenvalue weighted by Gasteiger charge is -2.37. The molecule has 0 radical (unpaired) electrons. The first-order valence-electron chi connectivity index (χ1n) is 13.1.